The lowest BCUT2D eigenvalue weighted by Crippen LogP contribution is -2.51. The van der Waals surface area contributed by atoms with Crippen LogP contribution < -0.4 is 5.32 Å². The molecule has 2 heterocycles. The maximum atomic E-state index is 12.2. The van der Waals surface area contributed by atoms with E-state index in [-0.39, 0.29) is 11.9 Å². The molecule has 3 amide bonds. The van der Waals surface area contributed by atoms with Crippen LogP contribution in [0.2, 0.25) is 0 Å². The summed E-state index contributed by atoms with van der Waals surface area (Å²) in [6.07, 6.45) is 5.24. The molecule has 102 valence electrons. The van der Waals surface area contributed by atoms with Crippen molar-refractivity contribution in [1.82, 2.24) is 15.2 Å². The number of hydrogen-bond donors (Lipinski definition) is 1. The van der Waals surface area contributed by atoms with Crippen LogP contribution in [0.25, 0.3) is 0 Å². The van der Waals surface area contributed by atoms with Crippen LogP contribution in [0.5, 0.6) is 0 Å². The summed E-state index contributed by atoms with van der Waals surface area (Å²) in [5.41, 5.74) is -0.630. The first-order valence-electron chi connectivity index (χ1n) is 6.63. The van der Waals surface area contributed by atoms with E-state index in [1.807, 2.05) is 5.38 Å². The number of rotatable bonds is 2. The molecule has 1 saturated heterocycles. The van der Waals surface area contributed by atoms with Crippen molar-refractivity contribution < 1.29 is 9.59 Å². The molecule has 0 bridgehead atoms. The van der Waals surface area contributed by atoms with Gasteiger partial charge in [-0.15, -0.1) is 11.3 Å². The fourth-order valence-corrected chi connectivity index (χ4v) is 3.63. The smallest absolute Gasteiger partial charge is 0.303 e. The van der Waals surface area contributed by atoms with Crippen molar-refractivity contribution in [3.63, 3.8) is 0 Å². The van der Waals surface area contributed by atoms with Gasteiger partial charge in [-0.3, -0.25) is 10.1 Å². The number of hydrogen-bond acceptors (Lipinski definition) is 4. The highest BCUT2D eigenvalue weighted by molar-refractivity contribution is 7.09. The van der Waals surface area contributed by atoms with Gasteiger partial charge in [-0.05, 0) is 31.6 Å². The molecule has 1 spiro atoms. The number of nitrogens with zero attached hydrogens (tertiary/aromatic N) is 2. The molecular formula is C13H17N3O2S. The molecule has 5 nitrogen and oxygen atoms in total. The van der Waals surface area contributed by atoms with Crippen molar-refractivity contribution in [1.29, 1.82) is 0 Å². The van der Waals surface area contributed by atoms with E-state index >= 15 is 0 Å². The Morgan fingerprint density at radius 3 is 2.84 bits per heavy atom. The minimum absolute atomic E-state index is 0.124. The minimum Gasteiger partial charge on any atom is -0.303 e. The number of imide groups is 1. The molecule has 3 rings (SSSR count). The summed E-state index contributed by atoms with van der Waals surface area (Å²) in [4.78, 5) is 30.2. The second-order valence-electron chi connectivity index (χ2n) is 5.49. The Morgan fingerprint density at radius 2 is 2.21 bits per heavy atom. The molecule has 0 atom stereocenters. The van der Waals surface area contributed by atoms with E-state index in [2.05, 4.69) is 17.2 Å². The highest BCUT2D eigenvalue weighted by Gasteiger charge is 2.53. The SMILES string of the molecule is CC1CCC2(CC1)C(=O)NC(=O)N2Cc1nccs1. The third-order valence-corrected chi connectivity index (χ3v) is 5.05. The van der Waals surface area contributed by atoms with E-state index in [4.69, 9.17) is 0 Å². The van der Waals surface area contributed by atoms with Crippen LogP contribution in [-0.4, -0.2) is 27.4 Å². The lowest BCUT2D eigenvalue weighted by atomic mass is 9.76. The Kier molecular flexibility index (Phi) is 3.05. The molecule has 2 fully saturated rings. The highest BCUT2D eigenvalue weighted by Crippen LogP contribution is 2.40. The van der Waals surface area contributed by atoms with Crippen molar-refractivity contribution in [2.75, 3.05) is 0 Å². The largest absolute Gasteiger partial charge is 0.325 e. The van der Waals surface area contributed by atoms with Crippen molar-refractivity contribution in [3.05, 3.63) is 16.6 Å². The van der Waals surface area contributed by atoms with Crippen LogP contribution in [0.3, 0.4) is 0 Å². The molecule has 1 aromatic rings. The number of aromatic nitrogens is 1. The Morgan fingerprint density at radius 1 is 1.47 bits per heavy atom. The van der Waals surface area contributed by atoms with Gasteiger partial charge in [0.15, 0.2) is 0 Å². The summed E-state index contributed by atoms with van der Waals surface area (Å²) in [6, 6.07) is -0.269. The molecule has 1 saturated carbocycles. The van der Waals surface area contributed by atoms with E-state index in [1.165, 1.54) is 11.3 Å². The Labute approximate surface area is 116 Å². The molecule has 0 aromatic carbocycles. The molecule has 1 aliphatic carbocycles. The zero-order valence-electron chi connectivity index (χ0n) is 10.9. The highest BCUT2D eigenvalue weighted by atomic mass is 32.1. The number of nitrogens with one attached hydrogen (secondary N) is 1. The van der Waals surface area contributed by atoms with Crippen molar-refractivity contribution in [2.24, 2.45) is 5.92 Å². The average Bonchev–Trinajstić information content (AvgIpc) is 2.96. The molecule has 1 N–H and O–H groups in total. The van der Waals surface area contributed by atoms with Crippen LogP contribution in [-0.2, 0) is 11.3 Å². The Bertz CT molecular complexity index is 492. The van der Waals surface area contributed by atoms with E-state index in [0.717, 1.165) is 30.7 Å². The van der Waals surface area contributed by atoms with Gasteiger partial charge < -0.3 is 4.90 Å². The first-order chi connectivity index (χ1) is 9.12. The third-order valence-electron chi connectivity index (χ3n) is 4.28. The summed E-state index contributed by atoms with van der Waals surface area (Å²) in [6.45, 7) is 2.64. The molecular weight excluding hydrogens is 262 g/mol. The summed E-state index contributed by atoms with van der Waals surface area (Å²) in [5.74, 6) is 0.511. The van der Waals surface area contributed by atoms with Gasteiger partial charge in [-0.25, -0.2) is 9.78 Å². The van der Waals surface area contributed by atoms with E-state index in [0.29, 0.717) is 12.5 Å². The number of urea groups is 1. The van der Waals surface area contributed by atoms with E-state index in [9.17, 15) is 9.59 Å². The molecule has 6 heteroatoms. The number of carbonyl (C=O) groups excluding carboxylic acids is 2. The second-order valence-corrected chi connectivity index (χ2v) is 6.46. The number of carbonyl (C=O) groups is 2. The molecule has 1 aromatic heterocycles. The lowest BCUT2D eigenvalue weighted by Gasteiger charge is -2.39. The minimum atomic E-state index is -0.630. The van der Waals surface area contributed by atoms with E-state index in [1.54, 1.807) is 11.1 Å². The van der Waals surface area contributed by atoms with Crippen LogP contribution in [0.1, 0.15) is 37.6 Å². The molecule has 0 radical (unpaired) electrons. The summed E-state index contributed by atoms with van der Waals surface area (Å²) < 4.78 is 0. The van der Waals surface area contributed by atoms with Crippen LogP contribution in [0.4, 0.5) is 4.79 Å². The molecule has 2 aliphatic rings. The quantitative estimate of drug-likeness (QED) is 0.844. The fraction of sp³-hybridized carbons (Fsp3) is 0.615. The number of amides is 3. The standard InChI is InChI=1S/C13H17N3O2S/c1-9-2-4-13(5-3-9)11(17)15-12(18)16(13)8-10-14-6-7-19-10/h6-7,9H,2-5,8H2,1H3,(H,15,17,18). The van der Waals surface area contributed by atoms with Gasteiger partial charge in [0, 0.05) is 11.6 Å². The Balaban J connectivity index is 1.87. The maximum Gasteiger partial charge on any atom is 0.325 e. The van der Waals surface area contributed by atoms with Crippen LogP contribution in [0, 0.1) is 5.92 Å². The fourth-order valence-electron chi connectivity index (χ4n) is 3.02. The zero-order valence-corrected chi connectivity index (χ0v) is 11.7. The zero-order chi connectivity index (χ0) is 13.5. The second kappa shape index (κ2) is 4.59. The number of thiazole rings is 1. The van der Waals surface area contributed by atoms with Crippen molar-refractivity contribution in [2.45, 2.75) is 44.7 Å². The van der Waals surface area contributed by atoms with Crippen LogP contribution in [0.15, 0.2) is 11.6 Å². The van der Waals surface area contributed by atoms with Gasteiger partial charge >= 0.3 is 6.03 Å². The van der Waals surface area contributed by atoms with Gasteiger partial charge in [0.25, 0.3) is 5.91 Å². The summed E-state index contributed by atoms with van der Waals surface area (Å²) in [7, 11) is 0. The molecule has 1 aliphatic heterocycles. The van der Waals surface area contributed by atoms with Crippen LogP contribution >= 0.6 is 11.3 Å². The first kappa shape index (κ1) is 12.6. The first-order valence-corrected chi connectivity index (χ1v) is 7.51. The van der Waals surface area contributed by atoms with Gasteiger partial charge in [0.2, 0.25) is 0 Å². The molecule has 19 heavy (non-hydrogen) atoms. The lowest BCUT2D eigenvalue weighted by molar-refractivity contribution is -0.128. The predicted molar refractivity (Wildman–Crippen MR) is 71.6 cm³/mol. The van der Waals surface area contributed by atoms with E-state index < -0.39 is 5.54 Å². The maximum absolute atomic E-state index is 12.2. The summed E-state index contributed by atoms with van der Waals surface area (Å²) in [5, 5.41) is 5.25. The normalized spacial score (nSPS) is 31.0. The van der Waals surface area contributed by atoms with Crippen molar-refractivity contribution >= 4 is 23.3 Å². The molecule has 0 unspecified atom stereocenters. The van der Waals surface area contributed by atoms with Gasteiger partial charge in [-0.1, -0.05) is 6.92 Å². The third kappa shape index (κ3) is 2.04. The average molecular weight is 279 g/mol. The summed E-state index contributed by atoms with van der Waals surface area (Å²) >= 11 is 1.52. The van der Waals surface area contributed by atoms with Gasteiger partial charge in [-0.2, -0.15) is 0 Å². The Hall–Kier alpha value is -1.43. The monoisotopic (exact) mass is 279 g/mol. The van der Waals surface area contributed by atoms with Gasteiger partial charge in [0.05, 0.1) is 6.54 Å². The topological polar surface area (TPSA) is 62.3 Å². The van der Waals surface area contributed by atoms with Crippen molar-refractivity contribution in [3.8, 4) is 0 Å². The predicted octanol–water partition coefficient (Wildman–Crippen LogP) is 2.14. The van der Waals surface area contributed by atoms with Gasteiger partial charge in [0.1, 0.15) is 10.5 Å².